The lowest BCUT2D eigenvalue weighted by Gasteiger charge is -2.15. The lowest BCUT2D eigenvalue weighted by Crippen LogP contribution is -2.00. The number of carbonyl (C=O) groups excluding carboxylic acids is 1. The summed E-state index contributed by atoms with van der Waals surface area (Å²) >= 11 is 2.08. The van der Waals surface area contributed by atoms with Crippen LogP contribution >= 0.6 is 22.6 Å². The highest BCUT2D eigenvalue weighted by Gasteiger charge is 2.14. The van der Waals surface area contributed by atoms with Crippen molar-refractivity contribution in [2.75, 3.05) is 14.2 Å². The first-order valence-corrected chi connectivity index (χ1v) is 10.2. The number of phenols is 1. The second-order valence-corrected chi connectivity index (χ2v) is 7.63. The Balaban J connectivity index is 1.83. The first-order chi connectivity index (χ1) is 14.5. The third kappa shape index (κ3) is 5.33. The summed E-state index contributed by atoms with van der Waals surface area (Å²) in [5, 5.41) is 10.00. The predicted octanol–water partition coefficient (Wildman–Crippen LogP) is 5.49. The fourth-order valence-corrected chi connectivity index (χ4v) is 3.32. The third-order valence-corrected chi connectivity index (χ3v) is 5.03. The molecule has 0 fully saturated rings. The molecule has 6 heteroatoms. The molecule has 0 spiro atoms. The van der Waals surface area contributed by atoms with Gasteiger partial charge in [-0.3, -0.25) is 4.79 Å². The van der Waals surface area contributed by atoms with Crippen molar-refractivity contribution in [3.8, 4) is 23.0 Å². The molecule has 0 aliphatic carbocycles. The van der Waals surface area contributed by atoms with Gasteiger partial charge in [-0.05, 0) is 70.1 Å². The number of ether oxygens (including phenoxy) is 3. The van der Waals surface area contributed by atoms with Crippen LogP contribution in [0.1, 0.15) is 21.5 Å². The van der Waals surface area contributed by atoms with Crippen molar-refractivity contribution in [1.82, 2.24) is 0 Å². The second kappa shape index (κ2) is 10.2. The van der Waals surface area contributed by atoms with Gasteiger partial charge in [0.2, 0.25) is 5.75 Å². The highest BCUT2D eigenvalue weighted by atomic mass is 127. The van der Waals surface area contributed by atoms with Crippen molar-refractivity contribution in [1.29, 1.82) is 0 Å². The van der Waals surface area contributed by atoms with E-state index in [-0.39, 0.29) is 17.1 Å². The largest absolute Gasteiger partial charge is 0.507 e. The van der Waals surface area contributed by atoms with Crippen molar-refractivity contribution in [3.63, 3.8) is 0 Å². The number of carbonyl (C=O) groups is 1. The molecule has 154 valence electrons. The molecule has 30 heavy (non-hydrogen) atoms. The molecule has 0 aliphatic rings. The van der Waals surface area contributed by atoms with Crippen LogP contribution in [0.15, 0.2) is 66.7 Å². The monoisotopic (exact) mass is 516 g/mol. The fourth-order valence-electron chi connectivity index (χ4n) is 2.84. The zero-order chi connectivity index (χ0) is 21.5. The van der Waals surface area contributed by atoms with Crippen LogP contribution in [-0.4, -0.2) is 25.1 Å². The van der Waals surface area contributed by atoms with Crippen LogP contribution in [0.5, 0.6) is 23.0 Å². The molecule has 0 aliphatic heterocycles. The molecule has 0 bridgehead atoms. The van der Waals surface area contributed by atoms with E-state index < -0.39 is 0 Å². The average molecular weight is 516 g/mol. The van der Waals surface area contributed by atoms with Gasteiger partial charge >= 0.3 is 0 Å². The molecule has 0 unspecified atom stereocenters. The number of hydrogen-bond acceptors (Lipinski definition) is 5. The molecular formula is C24H21IO5. The number of methoxy groups -OCH3 is 2. The van der Waals surface area contributed by atoms with E-state index in [1.54, 1.807) is 50.6 Å². The standard InChI is InChI=1S/C24H21IO5/c1-28-22-12-17(8-11-20(26)19-10-9-18(25)14-21(19)27)13-23(29-2)24(22)30-15-16-6-4-3-5-7-16/h3-14,27H,15H2,1-2H3/b11-8+. The summed E-state index contributed by atoms with van der Waals surface area (Å²) in [5.74, 6) is 1.13. The molecule has 3 aromatic rings. The Morgan fingerprint density at radius 3 is 2.27 bits per heavy atom. The van der Waals surface area contributed by atoms with Gasteiger partial charge in [-0.25, -0.2) is 0 Å². The Labute approximate surface area is 189 Å². The number of halogens is 1. The molecule has 0 amide bonds. The topological polar surface area (TPSA) is 65.0 Å². The molecule has 3 aromatic carbocycles. The molecule has 5 nitrogen and oxygen atoms in total. The van der Waals surface area contributed by atoms with Crippen molar-refractivity contribution in [2.24, 2.45) is 0 Å². The van der Waals surface area contributed by atoms with E-state index in [1.165, 1.54) is 6.08 Å². The summed E-state index contributed by atoms with van der Waals surface area (Å²) in [4.78, 5) is 12.4. The van der Waals surface area contributed by atoms with Gasteiger partial charge in [-0.2, -0.15) is 0 Å². The number of allylic oxidation sites excluding steroid dienone is 1. The lowest BCUT2D eigenvalue weighted by molar-refractivity contribution is 0.104. The van der Waals surface area contributed by atoms with Gasteiger partial charge in [-0.1, -0.05) is 36.4 Å². The number of benzene rings is 3. The smallest absolute Gasteiger partial charge is 0.203 e. The number of aromatic hydroxyl groups is 1. The summed E-state index contributed by atoms with van der Waals surface area (Å²) in [6.45, 7) is 0.368. The lowest BCUT2D eigenvalue weighted by atomic mass is 10.1. The van der Waals surface area contributed by atoms with Gasteiger partial charge in [0.15, 0.2) is 17.3 Å². The summed E-state index contributed by atoms with van der Waals surface area (Å²) in [7, 11) is 3.10. The second-order valence-electron chi connectivity index (χ2n) is 6.39. The van der Waals surface area contributed by atoms with Crippen molar-refractivity contribution in [2.45, 2.75) is 6.61 Å². The number of rotatable bonds is 8. The minimum absolute atomic E-state index is 0.0450. The van der Waals surface area contributed by atoms with Crippen LogP contribution in [0.25, 0.3) is 6.08 Å². The molecular weight excluding hydrogens is 495 g/mol. The summed E-state index contributed by atoms with van der Waals surface area (Å²) < 4.78 is 17.7. The Morgan fingerprint density at radius 2 is 1.67 bits per heavy atom. The van der Waals surface area contributed by atoms with Crippen LogP contribution in [0.2, 0.25) is 0 Å². The third-order valence-electron chi connectivity index (χ3n) is 4.36. The Kier molecular flexibility index (Phi) is 7.35. The molecule has 0 heterocycles. The molecule has 1 N–H and O–H groups in total. The molecule has 0 radical (unpaired) electrons. The van der Waals surface area contributed by atoms with E-state index in [1.807, 2.05) is 30.3 Å². The highest BCUT2D eigenvalue weighted by molar-refractivity contribution is 14.1. The van der Waals surface area contributed by atoms with E-state index in [0.29, 0.717) is 29.4 Å². The van der Waals surface area contributed by atoms with Crippen LogP contribution in [0, 0.1) is 3.57 Å². The van der Waals surface area contributed by atoms with Gasteiger partial charge in [0.05, 0.1) is 19.8 Å². The minimum Gasteiger partial charge on any atom is -0.507 e. The maximum Gasteiger partial charge on any atom is 0.203 e. The maximum atomic E-state index is 12.4. The Morgan fingerprint density at radius 1 is 1.00 bits per heavy atom. The first-order valence-electron chi connectivity index (χ1n) is 9.15. The van der Waals surface area contributed by atoms with Crippen LogP contribution in [-0.2, 0) is 6.61 Å². The van der Waals surface area contributed by atoms with Gasteiger partial charge in [0.25, 0.3) is 0 Å². The van der Waals surface area contributed by atoms with Crippen molar-refractivity contribution < 1.29 is 24.1 Å². The van der Waals surface area contributed by atoms with E-state index >= 15 is 0 Å². The first kappa shape index (κ1) is 21.7. The predicted molar refractivity (Wildman–Crippen MR) is 125 cm³/mol. The number of hydrogen-bond donors (Lipinski definition) is 1. The van der Waals surface area contributed by atoms with Crippen molar-refractivity contribution >= 4 is 34.5 Å². The van der Waals surface area contributed by atoms with Crippen LogP contribution < -0.4 is 14.2 Å². The van der Waals surface area contributed by atoms with Gasteiger partial charge < -0.3 is 19.3 Å². The average Bonchev–Trinajstić information content (AvgIpc) is 2.76. The molecule has 0 aromatic heterocycles. The fraction of sp³-hybridized carbons (Fsp3) is 0.125. The normalized spacial score (nSPS) is 10.8. The molecule has 0 saturated heterocycles. The van der Waals surface area contributed by atoms with Crippen molar-refractivity contribution in [3.05, 3.63) is 87.0 Å². The van der Waals surface area contributed by atoms with Gasteiger partial charge in [0.1, 0.15) is 12.4 Å². The number of ketones is 1. The van der Waals surface area contributed by atoms with E-state index in [0.717, 1.165) is 9.13 Å². The van der Waals surface area contributed by atoms with E-state index in [4.69, 9.17) is 14.2 Å². The zero-order valence-electron chi connectivity index (χ0n) is 16.6. The quantitative estimate of drug-likeness (QED) is 0.244. The number of phenolic OH excluding ortho intramolecular Hbond substituents is 1. The van der Waals surface area contributed by atoms with Crippen LogP contribution in [0.4, 0.5) is 0 Å². The molecule has 3 rings (SSSR count). The van der Waals surface area contributed by atoms with Gasteiger partial charge in [-0.15, -0.1) is 0 Å². The Bertz CT molecular complexity index is 1040. The maximum absolute atomic E-state index is 12.4. The summed E-state index contributed by atoms with van der Waals surface area (Å²) in [5.41, 5.74) is 1.97. The molecule has 0 atom stereocenters. The van der Waals surface area contributed by atoms with E-state index in [2.05, 4.69) is 22.6 Å². The highest BCUT2D eigenvalue weighted by Crippen LogP contribution is 2.39. The minimum atomic E-state index is -0.300. The van der Waals surface area contributed by atoms with E-state index in [9.17, 15) is 9.90 Å². The zero-order valence-corrected chi connectivity index (χ0v) is 18.8. The molecule has 0 saturated carbocycles. The Hall–Kier alpha value is -3.00. The summed E-state index contributed by atoms with van der Waals surface area (Å²) in [6.07, 6.45) is 3.05. The van der Waals surface area contributed by atoms with Gasteiger partial charge in [0, 0.05) is 3.57 Å². The SMILES string of the molecule is COc1cc(/C=C/C(=O)c2ccc(I)cc2O)cc(OC)c1OCc1ccccc1. The van der Waals surface area contributed by atoms with Crippen LogP contribution in [0.3, 0.4) is 0 Å². The summed E-state index contributed by atoms with van der Waals surface area (Å²) in [6, 6.07) is 18.2.